The average molecular weight is 519 g/mol. The van der Waals surface area contributed by atoms with E-state index in [2.05, 4.69) is 15.3 Å². The number of hydrogen-bond acceptors (Lipinski definition) is 5. The van der Waals surface area contributed by atoms with Gasteiger partial charge < -0.3 is 14.6 Å². The Balaban J connectivity index is 1.54. The minimum Gasteiger partial charge on any atom is -0.373 e. The number of Topliss-reactive ketones (excluding diaryl/α,β-unsaturated/α-hetero) is 1. The lowest BCUT2D eigenvalue weighted by molar-refractivity contribution is -0.138. The van der Waals surface area contributed by atoms with Crippen molar-refractivity contribution in [3.8, 4) is 0 Å². The zero-order valence-electron chi connectivity index (χ0n) is 20.3. The molecule has 0 saturated carbocycles. The van der Waals surface area contributed by atoms with Gasteiger partial charge in [-0.1, -0.05) is 26.0 Å². The van der Waals surface area contributed by atoms with Gasteiger partial charge in [0.05, 0.1) is 41.8 Å². The van der Waals surface area contributed by atoms with Crippen LogP contribution in [-0.2, 0) is 24.1 Å². The Labute approximate surface area is 210 Å². The van der Waals surface area contributed by atoms with Gasteiger partial charge in [-0.15, -0.1) is 0 Å². The van der Waals surface area contributed by atoms with Crippen molar-refractivity contribution in [3.05, 3.63) is 82.4 Å². The maximum absolute atomic E-state index is 13.3. The van der Waals surface area contributed by atoms with Gasteiger partial charge in [0, 0.05) is 25.4 Å². The van der Waals surface area contributed by atoms with Crippen molar-refractivity contribution in [2.75, 3.05) is 6.61 Å². The van der Waals surface area contributed by atoms with E-state index in [1.807, 2.05) is 6.92 Å². The molecule has 2 atom stereocenters. The number of hydrogen-bond donors (Lipinski definition) is 1. The standard InChI is InChI=1S/C26H26F4N4O3/c1-3-20(24-31-12-17(13-32-24)26(28,29)30)33-25(36)19-11-21(34-8-9-37-14-22(19)34)23(35)10-15(2)16-4-6-18(27)7-5-16/h4-7,11-13,15,20H,3,8-10,14H2,1-2H3,(H,33,36)/t15-,20+/m0/s1. The first-order valence-corrected chi connectivity index (χ1v) is 11.9. The molecule has 11 heteroatoms. The van der Waals surface area contributed by atoms with Gasteiger partial charge in [-0.3, -0.25) is 9.59 Å². The summed E-state index contributed by atoms with van der Waals surface area (Å²) in [5.41, 5.74) is 1.02. The Bertz CT molecular complexity index is 1270. The molecule has 1 aliphatic heterocycles. The van der Waals surface area contributed by atoms with Crippen molar-refractivity contribution in [1.29, 1.82) is 0 Å². The van der Waals surface area contributed by atoms with Crippen LogP contribution < -0.4 is 5.32 Å². The van der Waals surface area contributed by atoms with Gasteiger partial charge in [0.2, 0.25) is 0 Å². The normalized spacial score (nSPS) is 15.1. The molecule has 0 radical (unpaired) electrons. The van der Waals surface area contributed by atoms with Crippen LogP contribution in [0.25, 0.3) is 0 Å². The Morgan fingerprint density at radius 2 is 1.84 bits per heavy atom. The second-order valence-corrected chi connectivity index (χ2v) is 8.94. The fourth-order valence-corrected chi connectivity index (χ4v) is 4.29. The molecule has 37 heavy (non-hydrogen) atoms. The lowest BCUT2D eigenvalue weighted by Gasteiger charge is -2.20. The van der Waals surface area contributed by atoms with Gasteiger partial charge in [-0.2, -0.15) is 13.2 Å². The highest BCUT2D eigenvalue weighted by Gasteiger charge is 2.32. The second kappa shape index (κ2) is 10.8. The van der Waals surface area contributed by atoms with Gasteiger partial charge in [0.1, 0.15) is 11.6 Å². The summed E-state index contributed by atoms with van der Waals surface area (Å²) in [4.78, 5) is 34.1. The highest BCUT2D eigenvalue weighted by atomic mass is 19.4. The van der Waals surface area contributed by atoms with Crippen LogP contribution in [0.4, 0.5) is 17.6 Å². The molecular formula is C26H26F4N4O3. The third-order valence-corrected chi connectivity index (χ3v) is 6.39. The van der Waals surface area contributed by atoms with E-state index in [0.717, 1.165) is 5.56 Å². The SMILES string of the molecule is CC[C@@H](NC(=O)c1cc(C(=O)C[C@H](C)c2ccc(F)cc2)n2c1COCC2)c1ncc(C(F)(F)F)cn1. The number of carbonyl (C=O) groups is 2. The van der Waals surface area contributed by atoms with E-state index in [-0.39, 0.29) is 41.9 Å². The first-order valence-electron chi connectivity index (χ1n) is 11.9. The van der Waals surface area contributed by atoms with E-state index in [1.165, 1.54) is 18.2 Å². The Morgan fingerprint density at radius 3 is 2.46 bits per heavy atom. The third kappa shape index (κ3) is 5.87. The molecule has 7 nitrogen and oxygen atoms in total. The molecule has 2 aromatic heterocycles. The summed E-state index contributed by atoms with van der Waals surface area (Å²) >= 11 is 0. The Morgan fingerprint density at radius 1 is 1.16 bits per heavy atom. The number of carbonyl (C=O) groups excluding carboxylic acids is 2. The van der Waals surface area contributed by atoms with Crippen molar-refractivity contribution in [2.24, 2.45) is 0 Å². The molecule has 1 amide bonds. The smallest absolute Gasteiger partial charge is 0.373 e. The molecule has 196 valence electrons. The summed E-state index contributed by atoms with van der Waals surface area (Å²) in [5, 5.41) is 2.77. The van der Waals surface area contributed by atoms with Gasteiger partial charge in [-0.05, 0) is 36.1 Å². The van der Waals surface area contributed by atoms with E-state index >= 15 is 0 Å². The molecule has 0 bridgehead atoms. The fourth-order valence-electron chi connectivity index (χ4n) is 4.29. The Hall–Kier alpha value is -3.60. The topological polar surface area (TPSA) is 86.1 Å². The van der Waals surface area contributed by atoms with E-state index in [0.29, 0.717) is 43.4 Å². The average Bonchev–Trinajstić information content (AvgIpc) is 3.27. The van der Waals surface area contributed by atoms with Crippen molar-refractivity contribution in [2.45, 2.75) is 58.0 Å². The first kappa shape index (κ1) is 26.5. The number of benzene rings is 1. The van der Waals surface area contributed by atoms with E-state index in [4.69, 9.17) is 4.74 Å². The number of rotatable bonds is 8. The largest absolute Gasteiger partial charge is 0.419 e. The minimum absolute atomic E-state index is 0.0533. The van der Waals surface area contributed by atoms with Crippen LogP contribution in [0.3, 0.4) is 0 Å². The summed E-state index contributed by atoms with van der Waals surface area (Å²) in [7, 11) is 0. The predicted octanol–water partition coefficient (Wildman–Crippen LogP) is 5.22. The van der Waals surface area contributed by atoms with Crippen LogP contribution >= 0.6 is 0 Å². The highest BCUT2D eigenvalue weighted by molar-refractivity contribution is 6.01. The monoisotopic (exact) mass is 518 g/mol. The molecule has 0 aliphatic carbocycles. The number of nitrogens with zero attached hydrogens (tertiary/aromatic N) is 3. The number of ether oxygens (including phenoxy) is 1. The molecular weight excluding hydrogens is 492 g/mol. The summed E-state index contributed by atoms with van der Waals surface area (Å²) in [6.07, 6.45) is -2.70. The van der Waals surface area contributed by atoms with E-state index in [9.17, 15) is 27.2 Å². The quantitative estimate of drug-likeness (QED) is 0.326. The molecule has 1 aromatic carbocycles. The van der Waals surface area contributed by atoms with Crippen LogP contribution in [0, 0.1) is 5.82 Å². The fraction of sp³-hybridized carbons (Fsp3) is 0.385. The zero-order valence-corrected chi connectivity index (χ0v) is 20.3. The molecule has 4 rings (SSSR count). The van der Waals surface area contributed by atoms with Crippen molar-refractivity contribution < 1.29 is 31.9 Å². The molecule has 3 heterocycles. The number of aromatic nitrogens is 3. The van der Waals surface area contributed by atoms with Gasteiger partial charge in [0.25, 0.3) is 5.91 Å². The molecule has 0 saturated heterocycles. The maximum atomic E-state index is 13.3. The number of halogens is 4. The highest BCUT2D eigenvalue weighted by Crippen LogP contribution is 2.29. The minimum atomic E-state index is -4.56. The lowest BCUT2D eigenvalue weighted by Crippen LogP contribution is -2.31. The van der Waals surface area contributed by atoms with Gasteiger partial charge in [0.15, 0.2) is 5.78 Å². The summed E-state index contributed by atoms with van der Waals surface area (Å²) in [5.74, 6) is -1.15. The maximum Gasteiger partial charge on any atom is 0.419 e. The summed E-state index contributed by atoms with van der Waals surface area (Å²) < 4.78 is 59.1. The van der Waals surface area contributed by atoms with Crippen molar-refractivity contribution in [3.63, 3.8) is 0 Å². The van der Waals surface area contributed by atoms with Crippen LogP contribution in [0.1, 0.15) is 82.1 Å². The Kier molecular flexibility index (Phi) is 7.72. The molecule has 0 unspecified atom stereocenters. The molecule has 0 fully saturated rings. The van der Waals surface area contributed by atoms with Crippen molar-refractivity contribution in [1.82, 2.24) is 19.9 Å². The van der Waals surface area contributed by atoms with Crippen LogP contribution in [-0.4, -0.2) is 32.8 Å². The summed E-state index contributed by atoms with van der Waals surface area (Å²) in [6.45, 7) is 4.53. The second-order valence-electron chi connectivity index (χ2n) is 8.94. The van der Waals surface area contributed by atoms with Gasteiger partial charge in [-0.25, -0.2) is 14.4 Å². The molecule has 3 aromatic rings. The summed E-state index contributed by atoms with van der Waals surface area (Å²) in [6, 6.07) is 6.77. The first-order chi connectivity index (χ1) is 17.6. The number of fused-ring (bicyclic) bond motifs is 1. The van der Waals surface area contributed by atoms with E-state index < -0.39 is 23.7 Å². The van der Waals surface area contributed by atoms with Crippen LogP contribution in [0.5, 0.6) is 0 Å². The lowest BCUT2D eigenvalue weighted by atomic mass is 9.94. The predicted molar refractivity (Wildman–Crippen MR) is 125 cm³/mol. The number of alkyl halides is 3. The number of amides is 1. The molecule has 0 spiro atoms. The van der Waals surface area contributed by atoms with E-state index in [1.54, 1.807) is 23.6 Å². The van der Waals surface area contributed by atoms with Crippen LogP contribution in [0.2, 0.25) is 0 Å². The van der Waals surface area contributed by atoms with Gasteiger partial charge >= 0.3 is 6.18 Å². The number of ketones is 1. The molecule has 1 aliphatic rings. The zero-order chi connectivity index (χ0) is 26.7. The van der Waals surface area contributed by atoms with Crippen LogP contribution in [0.15, 0.2) is 42.7 Å². The third-order valence-electron chi connectivity index (χ3n) is 6.39. The molecule has 1 N–H and O–H groups in total. The number of nitrogens with one attached hydrogen (secondary N) is 1. The van der Waals surface area contributed by atoms with Crippen molar-refractivity contribution >= 4 is 11.7 Å².